The second kappa shape index (κ2) is 16.6. The molecule has 8 N–H and O–H groups in total. The van der Waals surface area contributed by atoms with Gasteiger partial charge in [-0.2, -0.15) is 11.8 Å². The number of anilines is 1. The molecule has 2 aromatic rings. The fourth-order valence-electron chi connectivity index (χ4n) is 5.82. The van der Waals surface area contributed by atoms with Gasteiger partial charge in [0.2, 0.25) is 5.91 Å². The number of carbonyl (C=O) groups excluding carboxylic acids is 3. The number of hydrogen-bond acceptors (Lipinski definition) is 17. The number of phosphoric ester groups is 2. The van der Waals surface area contributed by atoms with E-state index in [-0.39, 0.29) is 53.8 Å². The predicted molar refractivity (Wildman–Crippen MR) is 172 cm³/mol. The Morgan fingerprint density at radius 2 is 1.90 bits per heavy atom. The van der Waals surface area contributed by atoms with Crippen LogP contribution in [0.2, 0.25) is 0 Å². The molecule has 3 fully saturated rings. The summed E-state index contributed by atoms with van der Waals surface area (Å²) in [7, 11) is -11.1. The Kier molecular flexibility index (Phi) is 12.7. The van der Waals surface area contributed by atoms with Crippen LogP contribution >= 0.6 is 27.4 Å². The van der Waals surface area contributed by atoms with Crippen molar-refractivity contribution in [3.05, 3.63) is 12.7 Å². The number of fused-ring (bicyclic) bond motifs is 2. The van der Waals surface area contributed by atoms with Gasteiger partial charge < -0.3 is 50.9 Å². The van der Waals surface area contributed by atoms with Crippen molar-refractivity contribution in [2.24, 2.45) is 0 Å². The Hall–Kier alpha value is -2.91. The van der Waals surface area contributed by atoms with Gasteiger partial charge in [-0.05, 0) is 25.7 Å². The first-order chi connectivity index (χ1) is 23.7. The Morgan fingerprint density at radius 1 is 1.12 bits per heavy atom. The number of aliphatic hydroxyl groups is 2. The minimum absolute atomic E-state index is 0.0552. The highest BCUT2D eigenvalue weighted by Crippen LogP contribution is 2.58. The van der Waals surface area contributed by atoms with Crippen molar-refractivity contribution in [3.63, 3.8) is 0 Å². The fraction of sp³-hybridized carbons (Fsp3) is 0.692. The Labute approximate surface area is 289 Å². The van der Waals surface area contributed by atoms with Gasteiger partial charge in [-0.3, -0.25) is 23.2 Å². The van der Waals surface area contributed by atoms with Gasteiger partial charge in [0.05, 0.1) is 25.0 Å². The van der Waals surface area contributed by atoms with E-state index in [0.29, 0.717) is 37.5 Å². The number of nitrogen functional groups attached to an aromatic ring is 1. The van der Waals surface area contributed by atoms with Crippen LogP contribution in [0.4, 0.5) is 10.6 Å². The van der Waals surface area contributed by atoms with E-state index in [1.54, 1.807) is 0 Å². The van der Waals surface area contributed by atoms with Gasteiger partial charge in [-0.15, -0.1) is 0 Å². The quantitative estimate of drug-likeness (QED) is 0.0575. The van der Waals surface area contributed by atoms with Gasteiger partial charge in [-0.25, -0.2) is 28.6 Å². The summed E-state index contributed by atoms with van der Waals surface area (Å²) in [5.41, 5.74) is 6.12. The van der Waals surface area contributed by atoms with Crippen molar-refractivity contribution in [1.29, 1.82) is 0 Å². The average Bonchev–Trinajstić information content (AvgIpc) is 3.79. The normalized spacial score (nSPS) is 28.4. The van der Waals surface area contributed by atoms with Crippen LogP contribution in [0.3, 0.4) is 0 Å². The number of urea groups is 1. The molecular formula is C26H39N8O13P2S-. The largest absolute Gasteiger partial charge is 0.746 e. The van der Waals surface area contributed by atoms with Gasteiger partial charge in [0.1, 0.15) is 30.2 Å². The van der Waals surface area contributed by atoms with Crippen LogP contribution in [0.5, 0.6) is 0 Å². The van der Waals surface area contributed by atoms with E-state index in [1.807, 2.05) is 11.8 Å². The number of phosphoric acid groups is 2. The molecule has 2 aromatic heterocycles. The van der Waals surface area contributed by atoms with Crippen LogP contribution in [-0.4, -0.2) is 107 Å². The number of nitrogens with one attached hydrogen (secondary N) is 3. The molecule has 5 rings (SSSR count). The molecule has 0 aliphatic carbocycles. The van der Waals surface area contributed by atoms with E-state index in [9.17, 15) is 43.5 Å². The van der Waals surface area contributed by atoms with Crippen LogP contribution in [0.25, 0.3) is 11.2 Å². The zero-order valence-corrected chi connectivity index (χ0v) is 29.2. The number of rotatable bonds is 18. The third-order valence-corrected chi connectivity index (χ3v) is 12.3. The van der Waals surface area contributed by atoms with E-state index in [0.717, 1.165) is 24.9 Å². The van der Waals surface area contributed by atoms with E-state index in [4.69, 9.17) is 10.5 Å². The van der Waals surface area contributed by atoms with Crippen LogP contribution in [0.1, 0.15) is 57.6 Å². The number of carbonyl (C=O) groups is 3. The summed E-state index contributed by atoms with van der Waals surface area (Å²) < 4.78 is 44.2. The van der Waals surface area contributed by atoms with Gasteiger partial charge in [-0.1, -0.05) is 12.8 Å². The number of ether oxygens (including phenoxy) is 1. The molecular weight excluding hydrogens is 726 g/mol. The maximum Gasteiger partial charge on any atom is 0.479 e. The SMILES string of the molecule is Nc1ncnc2c1ncn2[C@@H]1O[C@H](COP(=O)(O)OP(=O)([O-])OC(=O)CCCCCNC(=O)CCCC[C@@H]2SC[C@@H]3NC(=O)N[C@@H]32)C(O)[C@@H]1O. The summed E-state index contributed by atoms with van der Waals surface area (Å²) in [6, 6.07) is 0.174. The van der Waals surface area contributed by atoms with E-state index in [1.165, 1.54) is 10.9 Å². The third kappa shape index (κ3) is 9.90. The Morgan fingerprint density at radius 3 is 2.70 bits per heavy atom. The molecule has 0 aromatic carbocycles. The van der Waals surface area contributed by atoms with Gasteiger partial charge >= 0.3 is 27.6 Å². The second-order valence-electron chi connectivity index (χ2n) is 11.9. The number of imidazole rings is 1. The summed E-state index contributed by atoms with van der Waals surface area (Å²) >= 11 is 1.82. The smallest absolute Gasteiger partial charge is 0.479 e. The van der Waals surface area contributed by atoms with Gasteiger partial charge in [0, 0.05) is 30.4 Å². The molecule has 9 atom stereocenters. The molecule has 50 heavy (non-hydrogen) atoms. The topological polar surface area (TPSA) is 312 Å². The number of nitrogens with two attached hydrogens (primary N) is 1. The number of nitrogens with zero attached hydrogens (tertiary/aromatic N) is 4. The molecule has 3 saturated heterocycles. The van der Waals surface area contributed by atoms with Crippen molar-refractivity contribution < 1.29 is 61.6 Å². The highest BCUT2D eigenvalue weighted by molar-refractivity contribution is 8.00. The lowest BCUT2D eigenvalue weighted by molar-refractivity contribution is -0.218. The molecule has 24 heteroatoms. The van der Waals surface area contributed by atoms with Crippen molar-refractivity contribution in [3.8, 4) is 0 Å². The van der Waals surface area contributed by atoms with Crippen LogP contribution in [0.15, 0.2) is 12.7 Å². The first kappa shape index (κ1) is 38.3. The number of aromatic nitrogens is 4. The van der Waals surface area contributed by atoms with Gasteiger partial charge in [0.15, 0.2) is 17.7 Å². The standard InChI is InChI=1S/C26H40N8O13P2S/c27-23-20-24(30-12-29-23)34(13-31-20)25-22(38)21(37)15(45-25)10-44-48(40,41)47-49(42,43)46-18(36)8-2-1-5-9-28-17(35)7-4-3-6-16-19-14(11-50-16)32-26(39)33-19/h12-16,19,21-22,25,37-38H,1-11H2,(H,28,35)(H,40,41)(H,42,43)(H2,27,29,30)(H2,32,33,39)/p-1/t14-,15+,16-,19-,21?,22-,25+/m0/s1. The lowest BCUT2D eigenvalue weighted by Crippen LogP contribution is -2.36. The van der Waals surface area contributed by atoms with Crippen molar-refractivity contribution in [1.82, 2.24) is 35.5 Å². The molecule has 0 saturated carbocycles. The second-order valence-corrected chi connectivity index (χ2v) is 16.1. The molecule has 0 radical (unpaired) electrons. The Balaban J connectivity index is 0.930. The lowest BCUT2D eigenvalue weighted by atomic mass is 10.0. The number of unbranched alkanes of at least 4 members (excludes halogenated alkanes) is 3. The summed E-state index contributed by atoms with van der Waals surface area (Å²) in [4.78, 5) is 69.5. The predicted octanol–water partition coefficient (Wildman–Crippen LogP) is -0.425. The number of amides is 3. The zero-order chi connectivity index (χ0) is 36.1. The fourth-order valence-corrected chi connectivity index (χ4v) is 9.37. The van der Waals surface area contributed by atoms with E-state index < -0.39 is 52.8 Å². The zero-order valence-electron chi connectivity index (χ0n) is 26.6. The molecule has 3 amide bonds. The maximum atomic E-state index is 12.3. The number of hydrogen-bond donors (Lipinski definition) is 7. The van der Waals surface area contributed by atoms with Crippen molar-refractivity contribution in [2.45, 2.75) is 93.2 Å². The third-order valence-electron chi connectivity index (χ3n) is 8.28. The highest BCUT2D eigenvalue weighted by Gasteiger charge is 2.46. The maximum absolute atomic E-state index is 12.3. The van der Waals surface area contributed by atoms with Crippen LogP contribution in [0, 0.1) is 0 Å². The minimum Gasteiger partial charge on any atom is -0.746 e. The monoisotopic (exact) mass is 765 g/mol. The minimum atomic E-state index is -5.65. The molecule has 278 valence electrons. The summed E-state index contributed by atoms with van der Waals surface area (Å²) in [5, 5.41) is 29.9. The van der Waals surface area contributed by atoms with E-state index in [2.05, 4.69) is 44.3 Å². The molecule has 0 bridgehead atoms. The molecule has 3 aliphatic rings. The highest BCUT2D eigenvalue weighted by atomic mass is 32.2. The van der Waals surface area contributed by atoms with Crippen molar-refractivity contribution >= 4 is 62.3 Å². The van der Waals surface area contributed by atoms with E-state index >= 15 is 0 Å². The Bertz CT molecular complexity index is 1640. The summed E-state index contributed by atoms with van der Waals surface area (Å²) in [6.07, 6.45) is 0.109. The van der Waals surface area contributed by atoms with Crippen LogP contribution < -0.4 is 26.6 Å². The van der Waals surface area contributed by atoms with Gasteiger partial charge in [0.25, 0.3) is 0 Å². The van der Waals surface area contributed by atoms with Crippen molar-refractivity contribution in [2.75, 3.05) is 24.6 Å². The molecule has 5 heterocycles. The first-order valence-corrected chi connectivity index (χ1v) is 19.9. The molecule has 3 aliphatic heterocycles. The molecule has 0 spiro atoms. The number of thioether (sulfide) groups is 1. The lowest BCUT2D eigenvalue weighted by Gasteiger charge is -2.24. The van der Waals surface area contributed by atoms with Crippen LogP contribution in [-0.2, 0) is 36.8 Å². The average molecular weight is 766 g/mol. The summed E-state index contributed by atoms with van der Waals surface area (Å²) in [5.74, 6) is -0.395. The first-order valence-electron chi connectivity index (χ1n) is 15.8. The summed E-state index contributed by atoms with van der Waals surface area (Å²) in [6.45, 7) is -0.545. The molecule has 21 nitrogen and oxygen atoms in total. The number of aliphatic hydroxyl groups excluding tert-OH is 2. The molecule has 3 unspecified atom stereocenters.